The highest BCUT2D eigenvalue weighted by Crippen LogP contribution is 2.33. The zero-order valence-electron chi connectivity index (χ0n) is 8.47. The smallest absolute Gasteiger partial charge is 0.318 e. The highest BCUT2D eigenvalue weighted by Gasteiger charge is 2.40. The number of carboxylic acids is 2. The molecule has 2 atom stereocenters. The molecule has 0 aliphatic heterocycles. The van der Waals surface area contributed by atoms with Gasteiger partial charge in [-0.1, -0.05) is 6.92 Å². The van der Waals surface area contributed by atoms with Crippen molar-refractivity contribution in [3.05, 3.63) is 0 Å². The zero-order valence-corrected chi connectivity index (χ0v) is 8.47. The lowest BCUT2D eigenvalue weighted by Gasteiger charge is -2.30. The molecule has 1 fully saturated rings. The Morgan fingerprint density at radius 1 is 1.33 bits per heavy atom. The minimum atomic E-state index is -1.45. The van der Waals surface area contributed by atoms with Gasteiger partial charge in [-0.3, -0.25) is 14.4 Å². The number of aliphatic carboxylic acids is 2. The Kier molecular flexibility index (Phi) is 3.44. The monoisotopic (exact) mass is 214 g/mol. The fourth-order valence-electron chi connectivity index (χ4n) is 2.09. The topological polar surface area (TPSA) is 91.7 Å². The quantitative estimate of drug-likeness (QED) is 0.677. The molecule has 0 radical (unpaired) electrons. The molecule has 0 bridgehead atoms. The van der Waals surface area contributed by atoms with E-state index in [2.05, 4.69) is 0 Å². The van der Waals surface area contributed by atoms with Crippen LogP contribution < -0.4 is 0 Å². The van der Waals surface area contributed by atoms with Crippen LogP contribution in [0.4, 0.5) is 0 Å². The summed E-state index contributed by atoms with van der Waals surface area (Å²) in [5.74, 6) is -4.79. The lowest BCUT2D eigenvalue weighted by molar-refractivity contribution is -0.159. The van der Waals surface area contributed by atoms with Gasteiger partial charge in [-0.15, -0.1) is 0 Å². The van der Waals surface area contributed by atoms with E-state index in [1.807, 2.05) is 0 Å². The second-order valence-corrected chi connectivity index (χ2v) is 4.08. The van der Waals surface area contributed by atoms with Crippen molar-refractivity contribution in [2.75, 3.05) is 0 Å². The SMILES string of the molecule is CC1CCC(=O)CC1C(C(=O)O)C(=O)O. The van der Waals surface area contributed by atoms with Crippen LogP contribution in [0.1, 0.15) is 26.2 Å². The molecule has 15 heavy (non-hydrogen) atoms. The van der Waals surface area contributed by atoms with Gasteiger partial charge in [0.2, 0.25) is 0 Å². The highest BCUT2D eigenvalue weighted by atomic mass is 16.4. The molecule has 5 nitrogen and oxygen atoms in total. The van der Waals surface area contributed by atoms with Crippen LogP contribution in [-0.2, 0) is 14.4 Å². The van der Waals surface area contributed by atoms with Crippen LogP contribution in [0.3, 0.4) is 0 Å². The molecule has 0 aromatic heterocycles. The van der Waals surface area contributed by atoms with E-state index in [4.69, 9.17) is 10.2 Å². The minimum Gasteiger partial charge on any atom is -0.481 e. The van der Waals surface area contributed by atoms with Gasteiger partial charge >= 0.3 is 11.9 Å². The summed E-state index contributed by atoms with van der Waals surface area (Å²) >= 11 is 0. The first-order valence-electron chi connectivity index (χ1n) is 4.90. The van der Waals surface area contributed by atoms with Crippen molar-refractivity contribution in [1.29, 1.82) is 0 Å². The number of carbonyl (C=O) groups excluding carboxylic acids is 1. The fraction of sp³-hybridized carbons (Fsp3) is 0.700. The molecule has 2 unspecified atom stereocenters. The van der Waals surface area contributed by atoms with Gasteiger partial charge in [0.25, 0.3) is 0 Å². The molecule has 5 heteroatoms. The predicted octanol–water partition coefficient (Wildman–Crippen LogP) is 0.777. The molecular weight excluding hydrogens is 200 g/mol. The van der Waals surface area contributed by atoms with Crippen LogP contribution in [0.2, 0.25) is 0 Å². The van der Waals surface area contributed by atoms with Gasteiger partial charge in [-0.05, 0) is 18.3 Å². The van der Waals surface area contributed by atoms with E-state index in [-0.39, 0.29) is 18.1 Å². The molecule has 1 aliphatic rings. The standard InChI is InChI=1S/C10H14O5/c1-5-2-3-6(11)4-7(5)8(9(12)13)10(14)15/h5,7-8H,2-4H2,1H3,(H,12,13)(H,14,15). The number of hydrogen-bond acceptors (Lipinski definition) is 3. The van der Waals surface area contributed by atoms with E-state index in [9.17, 15) is 14.4 Å². The molecule has 0 aromatic carbocycles. The van der Waals surface area contributed by atoms with Gasteiger partial charge in [0.05, 0.1) is 0 Å². The largest absolute Gasteiger partial charge is 0.481 e. The van der Waals surface area contributed by atoms with Crippen molar-refractivity contribution < 1.29 is 24.6 Å². The van der Waals surface area contributed by atoms with Gasteiger partial charge < -0.3 is 10.2 Å². The van der Waals surface area contributed by atoms with E-state index < -0.39 is 23.8 Å². The summed E-state index contributed by atoms with van der Waals surface area (Å²) in [7, 11) is 0. The lowest BCUT2D eigenvalue weighted by atomic mass is 9.73. The number of hydrogen-bond donors (Lipinski definition) is 2. The van der Waals surface area contributed by atoms with Crippen molar-refractivity contribution in [1.82, 2.24) is 0 Å². The van der Waals surface area contributed by atoms with Crippen LogP contribution >= 0.6 is 0 Å². The summed E-state index contributed by atoms with van der Waals surface area (Å²) in [6.07, 6.45) is 1.09. The molecule has 0 saturated heterocycles. The minimum absolute atomic E-state index is 0.0279. The normalized spacial score (nSPS) is 26.7. The Labute approximate surface area is 87.1 Å². The molecule has 84 valence electrons. The molecule has 0 heterocycles. The molecular formula is C10H14O5. The summed E-state index contributed by atoms with van der Waals surface area (Å²) in [6.45, 7) is 1.80. The summed E-state index contributed by atoms with van der Waals surface area (Å²) < 4.78 is 0. The first-order valence-corrected chi connectivity index (χ1v) is 4.90. The molecule has 1 aliphatic carbocycles. The van der Waals surface area contributed by atoms with Crippen molar-refractivity contribution in [2.45, 2.75) is 26.2 Å². The second-order valence-electron chi connectivity index (χ2n) is 4.08. The Morgan fingerprint density at radius 3 is 2.33 bits per heavy atom. The van der Waals surface area contributed by atoms with E-state index in [1.165, 1.54) is 0 Å². The predicted molar refractivity (Wildman–Crippen MR) is 50.3 cm³/mol. The third-order valence-electron chi connectivity index (χ3n) is 3.03. The molecule has 1 saturated carbocycles. The van der Waals surface area contributed by atoms with Crippen molar-refractivity contribution in [3.8, 4) is 0 Å². The van der Waals surface area contributed by atoms with Gasteiger partial charge in [-0.2, -0.15) is 0 Å². The number of Topliss-reactive ketones (excluding diaryl/α,β-unsaturated/α-hetero) is 1. The third-order valence-corrected chi connectivity index (χ3v) is 3.03. The molecule has 0 aromatic rings. The van der Waals surface area contributed by atoms with Crippen LogP contribution in [0.15, 0.2) is 0 Å². The average Bonchev–Trinajstić information content (AvgIpc) is 2.10. The highest BCUT2D eigenvalue weighted by molar-refractivity contribution is 5.94. The van der Waals surface area contributed by atoms with Crippen LogP contribution in [0, 0.1) is 17.8 Å². The summed E-state index contributed by atoms with van der Waals surface area (Å²) in [4.78, 5) is 32.8. The van der Waals surface area contributed by atoms with Gasteiger partial charge in [0, 0.05) is 12.8 Å². The Balaban J connectivity index is 2.85. The van der Waals surface area contributed by atoms with Crippen LogP contribution in [-0.4, -0.2) is 27.9 Å². The number of ketones is 1. The first-order chi connectivity index (χ1) is 6.93. The lowest BCUT2D eigenvalue weighted by Crippen LogP contribution is -2.38. The van der Waals surface area contributed by atoms with E-state index >= 15 is 0 Å². The van der Waals surface area contributed by atoms with Gasteiger partial charge in [0.1, 0.15) is 5.78 Å². The van der Waals surface area contributed by atoms with Crippen LogP contribution in [0.25, 0.3) is 0 Å². The third kappa shape index (κ3) is 2.55. The van der Waals surface area contributed by atoms with Crippen molar-refractivity contribution in [3.63, 3.8) is 0 Å². The van der Waals surface area contributed by atoms with Gasteiger partial charge in [-0.25, -0.2) is 0 Å². The average molecular weight is 214 g/mol. The molecule has 2 N–H and O–H groups in total. The van der Waals surface area contributed by atoms with Crippen molar-refractivity contribution >= 4 is 17.7 Å². The van der Waals surface area contributed by atoms with Crippen LogP contribution in [0.5, 0.6) is 0 Å². The summed E-state index contributed by atoms with van der Waals surface area (Å²) in [6, 6.07) is 0. The fourth-order valence-corrected chi connectivity index (χ4v) is 2.09. The van der Waals surface area contributed by atoms with E-state index in [1.54, 1.807) is 6.92 Å². The summed E-state index contributed by atoms with van der Waals surface area (Å²) in [5, 5.41) is 17.6. The Morgan fingerprint density at radius 2 is 1.87 bits per heavy atom. The van der Waals surface area contributed by atoms with Crippen molar-refractivity contribution in [2.24, 2.45) is 17.8 Å². The van der Waals surface area contributed by atoms with E-state index in [0.29, 0.717) is 12.8 Å². The number of rotatable bonds is 3. The summed E-state index contributed by atoms with van der Waals surface area (Å²) in [5.41, 5.74) is 0. The maximum absolute atomic E-state index is 11.2. The molecule has 0 spiro atoms. The number of carbonyl (C=O) groups is 3. The zero-order chi connectivity index (χ0) is 11.6. The second kappa shape index (κ2) is 4.42. The van der Waals surface area contributed by atoms with Gasteiger partial charge in [0.15, 0.2) is 5.92 Å². The number of carboxylic acid groups (broad SMARTS) is 2. The Bertz CT molecular complexity index is 282. The van der Waals surface area contributed by atoms with E-state index in [0.717, 1.165) is 0 Å². The molecule has 0 amide bonds. The first kappa shape index (κ1) is 11.7. The molecule has 1 rings (SSSR count). The maximum atomic E-state index is 11.2. The maximum Gasteiger partial charge on any atom is 0.318 e. The Hall–Kier alpha value is -1.39.